The quantitative estimate of drug-likeness (QED) is 0.387. The number of pyridine rings is 1. The van der Waals surface area contributed by atoms with Gasteiger partial charge in [0.25, 0.3) is 0 Å². The molecule has 2 aromatic carbocycles. The second-order valence-corrected chi connectivity index (χ2v) is 5.49. The summed E-state index contributed by atoms with van der Waals surface area (Å²) in [7, 11) is 0. The van der Waals surface area contributed by atoms with Gasteiger partial charge in [0.05, 0.1) is 22.8 Å². The van der Waals surface area contributed by atoms with Crippen LogP contribution in [0.4, 0.5) is 0 Å². The molecule has 0 N–H and O–H groups in total. The Hall–Kier alpha value is -1.90. The van der Waals surface area contributed by atoms with Crippen LogP contribution in [-0.2, 0) is 12.6 Å². The predicted octanol–water partition coefficient (Wildman–Crippen LogP) is 0.960. The third-order valence-corrected chi connectivity index (χ3v) is 4.18. The molecular formula is C18H10N3NaS. The molecule has 23 heavy (non-hydrogen) atoms. The van der Waals surface area contributed by atoms with Crippen molar-refractivity contribution in [3.63, 3.8) is 0 Å². The first-order valence-electron chi connectivity index (χ1n) is 6.84. The van der Waals surface area contributed by atoms with Gasteiger partial charge in [-0.15, -0.1) is 4.90 Å². The summed E-state index contributed by atoms with van der Waals surface area (Å²) in [6.07, 6.45) is 5.49. The summed E-state index contributed by atoms with van der Waals surface area (Å²) in [5.41, 5.74) is 2.72. The van der Waals surface area contributed by atoms with Crippen LogP contribution in [0.25, 0.3) is 27.4 Å². The fourth-order valence-electron chi connectivity index (χ4n) is 2.83. The zero-order valence-electron chi connectivity index (χ0n) is 12.5. The van der Waals surface area contributed by atoms with Crippen molar-refractivity contribution in [2.45, 2.75) is 4.90 Å². The number of fused-ring (bicyclic) bond motifs is 2. The van der Waals surface area contributed by atoms with Gasteiger partial charge in [-0.25, -0.2) is 0 Å². The molecule has 2 heterocycles. The Kier molecular flexibility index (Phi) is 4.38. The largest absolute Gasteiger partial charge is 1.00 e. The first kappa shape index (κ1) is 16.0. The Morgan fingerprint density at radius 1 is 1.00 bits per heavy atom. The summed E-state index contributed by atoms with van der Waals surface area (Å²) < 4.78 is 2.07. The van der Waals surface area contributed by atoms with Crippen molar-refractivity contribution in [2.24, 2.45) is 0 Å². The van der Waals surface area contributed by atoms with Gasteiger partial charge in [0.1, 0.15) is 0 Å². The number of nitrogens with zero attached hydrogens (tertiary/aromatic N) is 3. The molecule has 2 aromatic heterocycles. The molecule has 4 aromatic rings. The Labute approximate surface area is 161 Å². The molecule has 5 heteroatoms. The van der Waals surface area contributed by atoms with Crippen LogP contribution in [0.2, 0.25) is 0 Å². The van der Waals surface area contributed by atoms with Gasteiger partial charge in [-0.1, -0.05) is 24.3 Å². The first-order valence-corrected chi connectivity index (χ1v) is 7.25. The van der Waals surface area contributed by atoms with Crippen LogP contribution in [0.15, 0.2) is 66.0 Å². The van der Waals surface area contributed by atoms with Crippen molar-refractivity contribution in [3.8, 4) is 11.8 Å². The average Bonchev–Trinajstić information content (AvgIpc) is 2.91. The van der Waals surface area contributed by atoms with E-state index in [9.17, 15) is 5.26 Å². The summed E-state index contributed by atoms with van der Waals surface area (Å²) >= 11 is 5.43. The Balaban J connectivity index is 0.00000156. The van der Waals surface area contributed by atoms with E-state index >= 15 is 0 Å². The van der Waals surface area contributed by atoms with Crippen molar-refractivity contribution in [2.75, 3.05) is 0 Å². The van der Waals surface area contributed by atoms with Gasteiger partial charge in [-0.05, 0) is 29.8 Å². The minimum absolute atomic E-state index is 0. The molecule has 3 nitrogen and oxygen atoms in total. The summed E-state index contributed by atoms with van der Waals surface area (Å²) in [4.78, 5) is 4.92. The summed E-state index contributed by atoms with van der Waals surface area (Å²) in [5, 5.41) is 12.2. The van der Waals surface area contributed by atoms with Crippen LogP contribution < -0.4 is 29.6 Å². The molecule has 0 spiro atoms. The number of nitriles is 1. The van der Waals surface area contributed by atoms with E-state index in [1.54, 1.807) is 12.4 Å². The van der Waals surface area contributed by atoms with Crippen LogP contribution in [-0.4, -0.2) is 9.55 Å². The summed E-state index contributed by atoms with van der Waals surface area (Å²) in [6, 6.07) is 16.0. The van der Waals surface area contributed by atoms with E-state index in [-0.39, 0.29) is 29.6 Å². The molecule has 0 aliphatic rings. The maximum atomic E-state index is 9.29. The maximum Gasteiger partial charge on any atom is 1.00 e. The maximum absolute atomic E-state index is 9.29. The van der Waals surface area contributed by atoms with E-state index in [4.69, 9.17) is 12.6 Å². The second-order valence-electron chi connectivity index (χ2n) is 5.05. The van der Waals surface area contributed by atoms with Gasteiger partial charge in [-0.2, -0.15) is 5.26 Å². The third-order valence-electron chi connectivity index (χ3n) is 3.85. The summed E-state index contributed by atoms with van der Waals surface area (Å²) in [6.45, 7) is 0. The van der Waals surface area contributed by atoms with E-state index in [2.05, 4.69) is 15.6 Å². The predicted molar refractivity (Wildman–Crippen MR) is 88.9 cm³/mol. The number of rotatable bonds is 1. The summed E-state index contributed by atoms with van der Waals surface area (Å²) in [5.74, 6) is 0. The molecule has 104 valence electrons. The van der Waals surface area contributed by atoms with Crippen molar-refractivity contribution < 1.29 is 29.6 Å². The van der Waals surface area contributed by atoms with E-state index in [1.807, 2.05) is 48.7 Å². The van der Waals surface area contributed by atoms with Gasteiger partial charge >= 0.3 is 29.6 Å². The Morgan fingerprint density at radius 3 is 2.57 bits per heavy atom. The zero-order chi connectivity index (χ0) is 15.1. The van der Waals surface area contributed by atoms with Crippen LogP contribution >= 0.6 is 0 Å². The second kappa shape index (κ2) is 6.31. The van der Waals surface area contributed by atoms with Crippen LogP contribution in [0.5, 0.6) is 0 Å². The Bertz CT molecular complexity index is 1060. The van der Waals surface area contributed by atoms with Crippen LogP contribution in [0.1, 0.15) is 5.56 Å². The van der Waals surface area contributed by atoms with E-state index in [1.165, 1.54) is 0 Å². The van der Waals surface area contributed by atoms with Crippen LogP contribution in [0.3, 0.4) is 0 Å². The fraction of sp³-hybridized carbons (Fsp3) is 0. The van der Waals surface area contributed by atoms with E-state index in [0.717, 1.165) is 32.3 Å². The van der Waals surface area contributed by atoms with Gasteiger partial charge in [0.2, 0.25) is 0 Å². The minimum Gasteiger partial charge on any atom is -0.778 e. The molecule has 4 rings (SSSR count). The molecule has 0 amide bonds. The monoisotopic (exact) mass is 323 g/mol. The molecule has 0 aliphatic heterocycles. The van der Waals surface area contributed by atoms with Gasteiger partial charge < -0.3 is 17.2 Å². The molecular weight excluding hydrogens is 313 g/mol. The van der Waals surface area contributed by atoms with E-state index < -0.39 is 0 Å². The molecule has 0 aliphatic carbocycles. The topological polar surface area (TPSA) is 41.6 Å². The number of benzene rings is 2. The normalized spacial score (nSPS) is 10.4. The number of hydrogen-bond acceptors (Lipinski definition) is 3. The zero-order valence-corrected chi connectivity index (χ0v) is 15.3. The molecule has 0 radical (unpaired) electrons. The Morgan fingerprint density at radius 2 is 1.78 bits per heavy atom. The third kappa shape index (κ3) is 2.52. The number of aromatic nitrogens is 2. The SMILES string of the molecule is N#Cc1ccc(-n2cc([S-])c3cnccc32)c2ccccc12.[Na+]. The molecule has 0 atom stereocenters. The minimum atomic E-state index is 0. The molecule has 0 unspecified atom stereocenters. The molecule has 0 fully saturated rings. The van der Waals surface area contributed by atoms with Crippen molar-refractivity contribution >= 4 is 34.3 Å². The van der Waals surface area contributed by atoms with Crippen molar-refractivity contribution in [3.05, 3.63) is 66.6 Å². The van der Waals surface area contributed by atoms with Crippen LogP contribution in [0, 0.1) is 11.3 Å². The molecule has 0 bridgehead atoms. The van der Waals surface area contributed by atoms with Gasteiger partial charge in [-0.3, -0.25) is 4.98 Å². The standard InChI is InChI=1S/C18H11N3S.Na/c19-9-12-5-6-16(14-4-2-1-3-13(12)14)21-11-18(22)15-10-20-8-7-17(15)21;/h1-8,10-11,22H;/q;+1/p-1. The molecule has 0 saturated heterocycles. The smallest absolute Gasteiger partial charge is 0.778 e. The van der Waals surface area contributed by atoms with Gasteiger partial charge in [0, 0.05) is 23.2 Å². The fourth-order valence-corrected chi connectivity index (χ4v) is 3.10. The van der Waals surface area contributed by atoms with Crippen molar-refractivity contribution in [1.29, 1.82) is 5.26 Å². The number of hydrogen-bond donors (Lipinski definition) is 0. The van der Waals surface area contributed by atoms with Crippen molar-refractivity contribution in [1.82, 2.24) is 9.55 Å². The molecule has 0 saturated carbocycles. The first-order chi connectivity index (χ1) is 10.8. The van der Waals surface area contributed by atoms with E-state index in [0.29, 0.717) is 5.56 Å². The average molecular weight is 323 g/mol. The van der Waals surface area contributed by atoms with Gasteiger partial charge in [0.15, 0.2) is 0 Å².